The predicted octanol–water partition coefficient (Wildman–Crippen LogP) is 4.34. The van der Waals surface area contributed by atoms with Crippen LogP contribution >= 0.6 is 11.3 Å². The third-order valence-corrected chi connectivity index (χ3v) is 6.25. The van der Waals surface area contributed by atoms with E-state index in [1.807, 2.05) is 5.38 Å². The number of hydrogen-bond acceptors (Lipinski definition) is 6. The molecule has 0 radical (unpaired) electrons. The van der Waals surface area contributed by atoms with Crippen molar-refractivity contribution in [2.75, 3.05) is 18.0 Å². The van der Waals surface area contributed by atoms with Crippen molar-refractivity contribution in [1.29, 1.82) is 0 Å². The summed E-state index contributed by atoms with van der Waals surface area (Å²) in [6.07, 6.45) is 2.10. The van der Waals surface area contributed by atoms with Crippen LogP contribution in [-0.4, -0.2) is 28.9 Å². The minimum Gasteiger partial charge on any atom is -0.371 e. The Morgan fingerprint density at radius 1 is 1.39 bits per heavy atom. The van der Waals surface area contributed by atoms with E-state index in [2.05, 4.69) is 36.0 Å². The van der Waals surface area contributed by atoms with E-state index in [1.165, 1.54) is 12.1 Å². The van der Waals surface area contributed by atoms with Gasteiger partial charge < -0.3 is 10.2 Å². The number of anilines is 1. The Balaban J connectivity index is 1.79. The molecule has 28 heavy (non-hydrogen) atoms. The summed E-state index contributed by atoms with van der Waals surface area (Å²) < 4.78 is 0. The molecule has 1 aliphatic rings. The molecule has 0 bridgehead atoms. The number of rotatable bonds is 6. The Morgan fingerprint density at radius 2 is 2.11 bits per heavy atom. The van der Waals surface area contributed by atoms with E-state index in [0.29, 0.717) is 23.9 Å². The number of amides is 1. The van der Waals surface area contributed by atoms with Crippen LogP contribution in [0.1, 0.15) is 60.6 Å². The summed E-state index contributed by atoms with van der Waals surface area (Å²) in [4.78, 5) is 30.3. The van der Waals surface area contributed by atoms with Crippen molar-refractivity contribution >= 4 is 28.6 Å². The van der Waals surface area contributed by atoms with Crippen molar-refractivity contribution < 1.29 is 9.72 Å². The van der Waals surface area contributed by atoms with Crippen LogP contribution in [0.3, 0.4) is 0 Å². The van der Waals surface area contributed by atoms with E-state index < -0.39 is 4.92 Å². The molecule has 1 aliphatic heterocycles. The number of nitro groups is 1. The fourth-order valence-electron chi connectivity index (χ4n) is 3.28. The van der Waals surface area contributed by atoms with Crippen LogP contribution in [0.5, 0.6) is 0 Å². The molecule has 3 rings (SSSR count). The maximum Gasteiger partial charge on any atom is 0.270 e. The van der Waals surface area contributed by atoms with Gasteiger partial charge >= 0.3 is 0 Å². The molecule has 1 amide bonds. The van der Waals surface area contributed by atoms with Crippen molar-refractivity contribution in [1.82, 2.24) is 10.3 Å². The predicted molar refractivity (Wildman–Crippen MR) is 111 cm³/mol. The number of aromatic nitrogens is 1. The Bertz CT molecular complexity index is 857. The number of carbonyl (C=O) groups excluding carboxylic acids is 1. The molecule has 150 valence electrons. The maximum atomic E-state index is 12.9. The van der Waals surface area contributed by atoms with E-state index >= 15 is 0 Å². The lowest BCUT2D eigenvalue weighted by atomic mass is 9.98. The Morgan fingerprint density at radius 3 is 2.71 bits per heavy atom. The average Bonchev–Trinajstić information content (AvgIpc) is 3.15. The monoisotopic (exact) mass is 402 g/mol. The van der Waals surface area contributed by atoms with Gasteiger partial charge in [0, 0.05) is 36.5 Å². The summed E-state index contributed by atoms with van der Waals surface area (Å²) in [5, 5.41) is 17.1. The van der Waals surface area contributed by atoms with Gasteiger partial charge in [0.15, 0.2) is 0 Å². The van der Waals surface area contributed by atoms with E-state index in [1.54, 1.807) is 17.4 Å². The lowest BCUT2D eigenvalue weighted by Crippen LogP contribution is -2.35. The number of nitrogens with one attached hydrogen (secondary N) is 1. The summed E-state index contributed by atoms with van der Waals surface area (Å²) in [6.45, 7) is 8.39. The number of nitrogens with zero attached hydrogens (tertiary/aromatic N) is 3. The fourth-order valence-corrected chi connectivity index (χ4v) is 4.11. The summed E-state index contributed by atoms with van der Waals surface area (Å²) >= 11 is 1.58. The van der Waals surface area contributed by atoms with Crippen molar-refractivity contribution in [2.45, 2.75) is 46.1 Å². The topological polar surface area (TPSA) is 88.4 Å². The van der Waals surface area contributed by atoms with Crippen LogP contribution in [0.15, 0.2) is 23.6 Å². The number of hydrogen-bond donors (Lipinski definition) is 1. The van der Waals surface area contributed by atoms with Crippen LogP contribution < -0.4 is 10.2 Å². The second-order valence-electron chi connectivity index (χ2n) is 7.64. The number of thiazole rings is 1. The van der Waals surface area contributed by atoms with Gasteiger partial charge in [-0.3, -0.25) is 14.9 Å². The van der Waals surface area contributed by atoms with Crippen LogP contribution in [0.4, 0.5) is 11.4 Å². The molecule has 0 aliphatic carbocycles. The Labute approximate surface area is 168 Å². The molecule has 2 aromatic rings. The molecule has 7 nitrogen and oxygen atoms in total. The molecule has 1 aromatic carbocycles. The smallest absolute Gasteiger partial charge is 0.270 e. The summed E-state index contributed by atoms with van der Waals surface area (Å²) in [5.74, 6) is 0.696. The standard InChI is InChI=1S/C20H26N4O3S/c1-13(2)20-22-15(12-28-20)11-21-19(25)17-10-16(24(26)27)4-5-18(17)23-8-6-14(3)7-9-23/h4-5,10,12-14H,6-9,11H2,1-3H3,(H,21,25). The molecule has 1 fully saturated rings. The summed E-state index contributed by atoms with van der Waals surface area (Å²) in [6, 6.07) is 4.55. The first kappa shape index (κ1) is 20.3. The average molecular weight is 403 g/mol. The lowest BCUT2D eigenvalue weighted by Gasteiger charge is -2.33. The summed E-state index contributed by atoms with van der Waals surface area (Å²) in [5.41, 5.74) is 1.84. The molecular formula is C20H26N4O3S. The highest BCUT2D eigenvalue weighted by atomic mass is 32.1. The molecule has 0 unspecified atom stereocenters. The quantitative estimate of drug-likeness (QED) is 0.573. The number of benzene rings is 1. The van der Waals surface area contributed by atoms with Crippen LogP contribution in [0.2, 0.25) is 0 Å². The van der Waals surface area contributed by atoms with E-state index in [-0.39, 0.29) is 11.6 Å². The highest BCUT2D eigenvalue weighted by Gasteiger charge is 2.23. The van der Waals surface area contributed by atoms with Gasteiger partial charge in [-0.2, -0.15) is 0 Å². The number of piperidine rings is 1. The number of non-ortho nitro benzene ring substituents is 1. The van der Waals surface area contributed by atoms with Gasteiger partial charge in [0.1, 0.15) is 0 Å². The molecule has 1 aromatic heterocycles. The van der Waals surface area contributed by atoms with Gasteiger partial charge in [0.05, 0.1) is 33.4 Å². The molecule has 1 N–H and O–H groups in total. The van der Waals surface area contributed by atoms with Gasteiger partial charge in [0.2, 0.25) is 0 Å². The number of carbonyl (C=O) groups is 1. The van der Waals surface area contributed by atoms with Gasteiger partial charge in [-0.25, -0.2) is 4.98 Å². The largest absolute Gasteiger partial charge is 0.371 e. The summed E-state index contributed by atoms with van der Waals surface area (Å²) in [7, 11) is 0. The molecule has 0 spiro atoms. The first-order chi connectivity index (χ1) is 13.3. The first-order valence-corrected chi connectivity index (χ1v) is 10.5. The molecule has 0 atom stereocenters. The van der Waals surface area contributed by atoms with Crippen LogP contribution in [0.25, 0.3) is 0 Å². The van der Waals surface area contributed by atoms with E-state index in [4.69, 9.17) is 0 Å². The third kappa shape index (κ3) is 4.67. The first-order valence-electron chi connectivity index (χ1n) is 9.61. The highest BCUT2D eigenvalue weighted by molar-refractivity contribution is 7.09. The zero-order chi connectivity index (χ0) is 20.3. The molecular weight excluding hydrogens is 376 g/mol. The van der Waals surface area contributed by atoms with Crippen LogP contribution in [0, 0.1) is 16.0 Å². The maximum absolute atomic E-state index is 12.9. The van der Waals surface area contributed by atoms with Gasteiger partial charge in [-0.05, 0) is 24.8 Å². The van der Waals surface area contributed by atoms with Gasteiger partial charge in [-0.1, -0.05) is 20.8 Å². The second-order valence-corrected chi connectivity index (χ2v) is 8.53. The number of nitro benzene ring substituents is 1. The van der Waals surface area contributed by atoms with E-state index in [9.17, 15) is 14.9 Å². The highest BCUT2D eigenvalue weighted by Crippen LogP contribution is 2.29. The Hall–Kier alpha value is -2.48. The zero-order valence-corrected chi connectivity index (χ0v) is 17.3. The zero-order valence-electron chi connectivity index (χ0n) is 16.5. The van der Waals surface area contributed by atoms with Crippen molar-refractivity contribution in [3.63, 3.8) is 0 Å². The molecule has 0 saturated carbocycles. The van der Waals surface area contributed by atoms with Crippen molar-refractivity contribution in [2.24, 2.45) is 5.92 Å². The third-order valence-electron chi connectivity index (χ3n) is 5.05. The SMILES string of the molecule is CC1CCN(c2ccc([N+](=O)[O-])cc2C(=O)NCc2csc(C(C)C)n2)CC1. The van der Waals surface area contributed by atoms with Crippen LogP contribution in [-0.2, 0) is 6.54 Å². The second kappa shape index (κ2) is 8.68. The van der Waals surface area contributed by atoms with Crippen molar-refractivity contribution in [3.8, 4) is 0 Å². The van der Waals surface area contributed by atoms with Gasteiger partial charge in [0.25, 0.3) is 11.6 Å². The van der Waals surface area contributed by atoms with Gasteiger partial charge in [-0.15, -0.1) is 11.3 Å². The lowest BCUT2D eigenvalue weighted by molar-refractivity contribution is -0.384. The Kier molecular flexibility index (Phi) is 6.28. The molecule has 8 heteroatoms. The normalized spacial score (nSPS) is 15.1. The molecule has 2 heterocycles. The minimum atomic E-state index is -0.464. The van der Waals surface area contributed by atoms with Crippen molar-refractivity contribution in [3.05, 3.63) is 50.0 Å². The molecule has 1 saturated heterocycles. The minimum absolute atomic E-state index is 0.0740. The fraction of sp³-hybridized carbons (Fsp3) is 0.500. The van der Waals surface area contributed by atoms with E-state index in [0.717, 1.165) is 42.3 Å².